The maximum atomic E-state index is 12.5. The second-order valence-corrected chi connectivity index (χ2v) is 6.08. The normalized spacial score (nSPS) is 11.3. The first kappa shape index (κ1) is 14.8. The van der Waals surface area contributed by atoms with Gasteiger partial charge in [0, 0.05) is 39.8 Å². The fourth-order valence-corrected chi connectivity index (χ4v) is 2.69. The average Bonchev–Trinajstić information content (AvgIpc) is 2.89. The highest BCUT2D eigenvalue weighted by atomic mass is 35.5. The summed E-state index contributed by atoms with van der Waals surface area (Å²) in [5.41, 5.74) is 3.53. The zero-order valence-corrected chi connectivity index (χ0v) is 13.3. The molecule has 3 aromatic rings. The van der Waals surface area contributed by atoms with E-state index in [1.807, 2.05) is 38.5 Å². The Kier molecular flexibility index (Phi) is 4.01. The molecule has 0 saturated carbocycles. The van der Waals surface area contributed by atoms with Gasteiger partial charge in [-0.15, -0.1) is 0 Å². The highest BCUT2D eigenvalue weighted by Gasteiger charge is 2.11. The number of benzene rings is 2. The number of aromatic nitrogens is 1. The van der Waals surface area contributed by atoms with Crippen LogP contribution < -0.4 is 0 Å². The van der Waals surface area contributed by atoms with E-state index in [9.17, 15) is 4.79 Å². The van der Waals surface area contributed by atoms with E-state index in [0.717, 1.165) is 17.4 Å². The molecule has 3 nitrogen and oxygen atoms in total. The number of halogens is 1. The largest absolute Gasteiger partial charge is 0.361 e. The van der Waals surface area contributed by atoms with Gasteiger partial charge in [0.15, 0.2) is 5.78 Å². The second-order valence-electron chi connectivity index (χ2n) is 5.65. The lowest BCUT2D eigenvalue weighted by molar-refractivity contribution is 0.103. The molecular formula is C18H17ClN2O. The fourth-order valence-electron chi connectivity index (χ4n) is 2.57. The van der Waals surface area contributed by atoms with Gasteiger partial charge in [-0.2, -0.15) is 0 Å². The number of rotatable bonds is 4. The molecule has 2 aromatic carbocycles. The van der Waals surface area contributed by atoms with Gasteiger partial charge in [-0.3, -0.25) is 4.79 Å². The highest BCUT2D eigenvalue weighted by molar-refractivity contribution is 6.30. The number of hydrogen-bond acceptors (Lipinski definition) is 2. The van der Waals surface area contributed by atoms with Crippen LogP contribution in [0.4, 0.5) is 0 Å². The summed E-state index contributed by atoms with van der Waals surface area (Å²) in [6.07, 6.45) is 2.00. The molecule has 0 aliphatic rings. The number of hydrogen-bond donors (Lipinski definition) is 1. The van der Waals surface area contributed by atoms with E-state index in [-0.39, 0.29) is 5.78 Å². The van der Waals surface area contributed by atoms with Gasteiger partial charge in [0.05, 0.1) is 0 Å². The van der Waals surface area contributed by atoms with E-state index in [0.29, 0.717) is 16.1 Å². The minimum atomic E-state index is 0.00215. The summed E-state index contributed by atoms with van der Waals surface area (Å²) in [5, 5.41) is 1.78. The van der Waals surface area contributed by atoms with Crippen LogP contribution in [0.15, 0.2) is 48.7 Å². The number of carbonyl (C=O) groups is 1. The average molecular weight is 313 g/mol. The van der Waals surface area contributed by atoms with Crippen LogP contribution in [-0.2, 0) is 6.54 Å². The molecule has 0 saturated heterocycles. The number of nitrogens with zero attached hydrogens (tertiary/aromatic N) is 1. The Balaban J connectivity index is 1.95. The molecule has 0 spiro atoms. The van der Waals surface area contributed by atoms with Crippen LogP contribution in [0.3, 0.4) is 0 Å². The third-order valence-corrected chi connectivity index (χ3v) is 3.87. The van der Waals surface area contributed by atoms with Crippen molar-refractivity contribution in [1.82, 2.24) is 9.88 Å². The van der Waals surface area contributed by atoms with Crippen molar-refractivity contribution in [2.75, 3.05) is 14.1 Å². The van der Waals surface area contributed by atoms with Crippen molar-refractivity contribution < 1.29 is 4.79 Å². The summed E-state index contributed by atoms with van der Waals surface area (Å²) >= 11 is 5.86. The fraction of sp³-hybridized carbons (Fsp3) is 0.167. The van der Waals surface area contributed by atoms with Crippen LogP contribution in [0.1, 0.15) is 21.5 Å². The first-order chi connectivity index (χ1) is 10.5. The zero-order valence-electron chi connectivity index (χ0n) is 12.6. The number of nitrogens with one attached hydrogen (secondary N) is 1. The Morgan fingerprint density at radius 2 is 1.77 bits per heavy atom. The van der Waals surface area contributed by atoms with Crippen molar-refractivity contribution in [2.24, 2.45) is 0 Å². The van der Waals surface area contributed by atoms with E-state index in [1.54, 1.807) is 24.3 Å². The maximum Gasteiger partial charge on any atom is 0.193 e. The zero-order chi connectivity index (χ0) is 15.7. The molecule has 0 amide bonds. The summed E-state index contributed by atoms with van der Waals surface area (Å²) in [6, 6.07) is 12.8. The van der Waals surface area contributed by atoms with Crippen molar-refractivity contribution >= 4 is 28.3 Å². The Morgan fingerprint density at radius 1 is 1.09 bits per heavy atom. The Hall–Kier alpha value is -2.10. The van der Waals surface area contributed by atoms with Gasteiger partial charge < -0.3 is 9.88 Å². The third kappa shape index (κ3) is 2.91. The van der Waals surface area contributed by atoms with Gasteiger partial charge in [-0.05, 0) is 50.0 Å². The molecule has 0 unspecified atom stereocenters. The second kappa shape index (κ2) is 5.95. The molecule has 4 heteroatoms. The third-order valence-electron chi connectivity index (χ3n) is 3.62. The predicted octanol–water partition coefficient (Wildman–Crippen LogP) is 4.11. The standard InChI is InChI=1S/C18H17ClN2O/c1-21(2)11-14-10-20-17-9-13(5-8-16(14)17)18(22)12-3-6-15(19)7-4-12/h3-10,20H,11H2,1-2H3. The van der Waals surface area contributed by atoms with Crippen molar-refractivity contribution in [1.29, 1.82) is 0 Å². The van der Waals surface area contributed by atoms with E-state index >= 15 is 0 Å². The van der Waals surface area contributed by atoms with E-state index in [1.165, 1.54) is 5.56 Å². The summed E-state index contributed by atoms with van der Waals surface area (Å²) in [5.74, 6) is 0.00215. The van der Waals surface area contributed by atoms with Crippen molar-refractivity contribution in [3.8, 4) is 0 Å². The molecule has 1 aromatic heterocycles. The quantitative estimate of drug-likeness (QED) is 0.736. The van der Waals surface area contributed by atoms with E-state index in [4.69, 9.17) is 11.6 Å². The molecule has 0 bridgehead atoms. The number of aromatic amines is 1. The maximum absolute atomic E-state index is 12.5. The first-order valence-electron chi connectivity index (χ1n) is 7.09. The molecule has 1 heterocycles. The predicted molar refractivity (Wildman–Crippen MR) is 90.6 cm³/mol. The van der Waals surface area contributed by atoms with Gasteiger partial charge >= 0.3 is 0 Å². The van der Waals surface area contributed by atoms with Crippen molar-refractivity contribution in [3.63, 3.8) is 0 Å². The molecule has 112 valence electrons. The summed E-state index contributed by atoms with van der Waals surface area (Å²) < 4.78 is 0. The lowest BCUT2D eigenvalue weighted by Crippen LogP contribution is -2.10. The summed E-state index contributed by atoms with van der Waals surface area (Å²) in [4.78, 5) is 17.9. The summed E-state index contributed by atoms with van der Waals surface area (Å²) in [6.45, 7) is 0.866. The highest BCUT2D eigenvalue weighted by Crippen LogP contribution is 2.22. The number of fused-ring (bicyclic) bond motifs is 1. The molecule has 0 radical (unpaired) electrons. The van der Waals surface area contributed by atoms with E-state index < -0.39 is 0 Å². The van der Waals surface area contributed by atoms with Crippen LogP contribution in [0.25, 0.3) is 10.9 Å². The molecule has 0 fully saturated rings. The minimum absolute atomic E-state index is 0.00215. The number of H-pyrrole nitrogens is 1. The van der Waals surface area contributed by atoms with Gasteiger partial charge in [0.2, 0.25) is 0 Å². The molecule has 0 aliphatic heterocycles. The lowest BCUT2D eigenvalue weighted by atomic mass is 10.0. The lowest BCUT2D eigenvalue weighted by Gasteiger charge is -2.08. The molecule has 0 aliphatic carbocycles. The van der Waals surface area contributed by atoms with Gasteiger partial charge in [0.1, 0.15) is 0 Å². The minimum Gasteiger partial charge on any atom is -0.361 e. The van der Waals surface area contributed by atoms with Crippen LogP contribution in [0, 0.1) is 0 Å². The SMILES string of the molecule is CN(C)Cc1c[nH]c2cc(C(=O)c3ccc(Cl)cc3)ccc12. The number of ketones is 1. The van der Waals surface area contributed by atoms with Gasteiger partial charge in [-0.25, -0.2) is 0 Å². The van der Waals surface area contributed by atoms with Crippen molar-refractivity contribution in [3.05, 3.63) is 70.4 Å². The Morgan fingerprint density at radius 3 is 2.45 bits per heavy atom. The molecular weight excluding hydrogens is 296 g/mol. The van der Waals surface area contributed by atoms with Crippen LogP contribution in [0.5, 0.6) is 0 Å². The molecule has 3 rings (SSSR count). The molecule has 1 N–H and O–H groups in total. The van der Waals surface area contributed by atoms with Crippen LogP contribution in [-0.4, -0.2) is 29.8 Å². The van der Waals surface area contributed by atoms with Gasteiger partial charge in [0.25, 0.3) is 0 Å². The smallest absolute Gasteiger partial charge is 0.193 e. The first-order valence-corrected chi connectivity index (χ1v) is 7.47. The van der Waals surface area contributed by atoms with Gasteiger partial charge in [-0.1, -0.05) is 23.7 Å². The van der Waals surface area contributed by atoms with Crippen LogP contribution >= 0.6 is 11.6 Å². The van der Waals surface area contributed by atoms with Crippen LogP contribution in [0.2, 0.25) is 5.02 Å². The molecule has 22 heavy (non-hydrogen) atoms. The Labute approximate surface area is 134 Å². The number of carbonyl (C=O) groups excluding carboxylic acids is 1. The monoisotopic (exact) mass is 312 g/mol. The molecule has 0 atom stereocenters. The van der Waals surface area contributed by atoms with E-state index in [2.05, 4.69) is 9.88 Å². The Bertz CT molecular complexity index is 819. The topological polar surface area (TPSA) is 36.1 Å². The summed E-state index contributed by atoms with van der Waals surface area (Å²) in [7, 11) is 4.08. The van der Waals surface area contributed by atoms with Crippen molar-refractivity contribution in [2.45, 2.75) is 6.54 Å².